The van der Waals surface area contributed by atoms with Gasteiger partial charge in [-0.2, -0.15) is 4.52 Å². The molecule has 0 aliphatic heterocycles. The number of methoxy groups -OCH3 is 1. The number of hydrogen-bond donors (Lipinski definition) is 1. The predicted molar refractivity (Wildman–Crippen MR) is 76.8 cm³/mol. The second-order valence-electron chi connectivity index (χ2n) is 4.30. The molecule has 2 N–H and O–H groups in total. The number of nitrogens with two attached hydrogens (primary N) is 1. The van der Waals surface area contributed by atoms with Gasteiger partial charge in [0.05, 0.1) is 17.6 Å². The van der Waals surface area contributed by atoms with E-state index < -0.39 is 5.97 Å². The molecule has 3 rings (SSSR count). The first-order valence-electron chi connectivity index (χ1n) is 5.89. The number of esters is 1. The van der Waals surface area contributed by atoms with Crippen LogP contribution in [0.15, 0.2) is 23.6 Å². The molecule has 0 fully saturated rings. The Morgan fingerprint density at radius 3 is 2.90 bits per heavy atom. The first kappa shape index (κ1) is 12.6. The monoisotopic (exact) mass is 288 g/mol. The maximum Gasteiger partial charge on any atom is 0.338 e. The molecule has 3 aromatic rings. The molecule has 0 aromatic carbocycles. The van der Waals surface area contributed by atoms with Crippen LogP contribution in [-0.2, 0) is 4.74 Å². The Kier molecular flexibility index (Phi) is 2.90. The Morgan fingerprint density at radius 1 is 1.45 bits per heavy atom. The van der Waals surface area contributed by atoms with Crippen LogP contribution < -0.4 is 5.73 Å². The SMILES string of the molecule is COC(=O)c1cc(N)n2nc(-c3sccc3C)nc2c1. The smallest absolute Gasteiger partial charge is 0.338 e. The summed E-state index contributed by atoms with van der Waals surface area (Å²) in [6, 6.07) is 5.15. The molecular formula is C13H12N4O2S. The lowest BCUT2D eigenvalue weighted by atomic mass is 10.2. The molecule has 3 aromatic heterocycles. The topological polar surface area (TPSA) is 82.5 Å². The molecular weight excluding hydrogens is 276 g/mol. The lowest BCUT2D eigenvalue weighted by Gasteiger charge is -2.01. The van der Waals surface area contributed by atoms with E-state index in [0.29, 0.717) is 22.9 Å². The van der Waals surface area contributed by atoms with Crippen LogP contribution in [0.1, 0.15) is 15.9 Å². The van der Waals surface area contributed by atoms with Gasteiger partial charge in [0.25, 0.3) is 0 Å². The Bertz CT molecular complexity index is 806. The van der Waals surface area contributed by atoms with Gasteiger partial charge in [-0.25, -0.2) is 9.78 Å². The standard InChI is InChI=1S/C13H12N4O2S/c1-7-3-4-20-11(7)12-15-10-6-8(13(18)19-2)5-9(14)17(10)16-12/h3-6H,14H2,1-2H3. The van der Waals surface area contributed by atoms with Crippen molar-refractivity contribution in [1.82, 2.24) is 14.6 Å². The second kappa shape index (κ2) is 4.61. The average Bonchev–Trinajstić information content (AvgIpc) is 3.03. The molecule has 0 amide bonds. The highest BCUT2D eigenvalue weighted by Gasteiger charge is 2.15. The van der Waals surface area contributed by atoms with E-state index in [1.165, 1.54) is 17.7 Å². The number of carbonyl (C=O) groups excluding carboxylic acids is 1. The number of nitrogen functional groups attached to an aromatic ring is 1. The number of aryl methyl sites for hydroxylation is 1. The van der Waals surface area contributed by atoms with Gasteiger partial charge in [0, 0.05) is 0 Å². The summed E-state index contributed by atoms with van der Waals surface area (Å²) in [5, 5.41) is 6.37. The predicted octanol–water partition coefficient (Wildman–Crippen LogP) is 2.14. The molecule has 0 aliphatic carbocycles. The lowest BCUT2D eigenvalue weighted by molar-refractivity contribution is 0.0601. The minimum absolute atomic E-state index is 0.343. The summed E-state index contributed by atoms with van der Waals surface area (Å²) in [7, 11) is 1.33. The maximum atomic E-state index is 11.6. The molecule has 0 saturated carbocycles. The molecule has 0 unspecified atom stereocenters. The third-order valence-corrected chi connectivity index (χ3v) is 3.96. The number of rotatable bonds is 2. The van der Waals surface area contributed by atoms with Crippen molar-refractivity contribution in [3.05, 3.63) is 34.7 Å². The number of thiophene rings is 1. The number of hydrogen-bond acceptors (Lipinski definition) is 6. The quantitative estimate of drug-likeness (QED) is 0.730. The van der Waals surface area contributed by atoms with Crippen molar-refractivity contribution in [3.63, 3.8) is 0 Å². The van der Waals surface area contributed by atoms with Crippen LogP contribution in [0, 0.1) is 6.92 Å². The summed E-state index contributed by atoms with van der Waals surface area (Å²) >= 11 is 1.57. The van der Waals surface area contributed by atoms with Crippen molar-refractivity contribution < 1.29 is 9.53 Å². The number of ether oxygens (including phenoxy) is 1. The van der Waals surface area contributed by atoms with Crippen molar-refractivity contribution in [3.8, 4) is 10.7 Å². The second-order valence-corrected chi connectivity index (χ2v) is 5.21. The summed E-state index contributed by atoms with van der Waals surface area (Å²) in [5.41, 5.74) is 7.90. The van der Waals surface area contributed by atoms with Crippen molar-refractivity contribution in [1.29, 1.82) is 0 Å². The number of pyridine rings is 1. The zero-order chi connectivity index (χ0) is 14.3. The molecule has 0 bridgehead atoms. The summed E-state index contributed by atoms with van der Waals surface area (Å²) in [4.78, 5) is 17.0. The number of aromatic nitrogens is 3. The van der Waals surface area contributed by atoms with Gasteiger partial charge in [0.15, 0.2) is 11.5 Å². The van der Waals surface area contributed by atoms with Gasteiger partial charge in [-0.05, 0) is 36.1 Å². The molecule has 102 valence electrons. The fourth-order valence-electron chi connectivity index (χ4n) is 1.94. The highest BCUT2D eigenvalue weighted by molar-refractivity contribution is 7.13. The summed E-state index contributed by atoms with van der Waals surface area (Å²) in [6.07, 6.45) is 0. The molecule has 0 saturated heterocycles. The third-order valence-electron chi connectivity index (χ3n) is 2.95. The van der Waals surface area contributed by atoms with Gasteiger partial charge in [-0.3, -0.25) is 0 Å². The van der Waals surface area contributed by atoms with Gasteiger partial charge < -0.3 is 10.5 Å². The van der Waals surface area contributed by atoms with Crippen LogP contribution in [0.25, 0.3) is 16.3 Å². The highest BCUT2D eigenvalue weighted by Crippen LogP contribution is 2.27. The minimum atomic E-state index is -0.448. The van der Waals surface area contributed by atoms with E-state index in [1.807, 2.05) is 18.4 Å². The number of carbonyl (C=O) groups is 1. The van der Waals surface area contributed by atoms with Crippen LogP contribution in [0.5, 0.6) is 0 Å². The van der Waals surface area contributed by atoms with Crippen molar-refractivity contribution in [2.75, 3.05) is 12.8 Å². The van der Waals surface area contributed by atoms with E-state index in [1.54, 1.807) is 17.4 Å². The summed E-state index contributed by atoms with van der Waals surface area (Å²) in [5.74, 6) is 0.498. The van der Waals surface area contributed by atoms with Gasteiger partial charge in [-0.15, -0.1) is 16.4 Å². The third kappa shape index (κ3) is 1.92. The van der Waals surface area contributed by atoms with Gasteiger partial charge in [0.2, 0.25) is 0 Å². The lowest BCUT2D eigenvalue weighted by Crippen LogP contribution is -2.06. The van der Waals surface area contributed by atoms with E-state index >= 15 is 0 Å². The largest absolute Gasteiger partial charge is 0.465 e. The van der Waals surface area contributed by atoms with E-state index in [0.717, 1.165) is 10.4 Å². The Hall–Kier alpha value is -2.41. The minimum Gasteiger partial charge on any atom is -0.465 e. The van der Waals surface area contributed by atoms with Crippen molar-refractivity contribution in [2.24, 2.45) is 0 Å². The zero-order valence-corrected chi connectivity index (χ0v) is 11.8. The van der Waals surface area contributed by atoms with Gasteiger partial charge in [0.1, 0.15) is 5.82 Å². The molecule has 0 radical (unpaired) electrons. The number of fused-ring (bicyclic) bond motifs is 1. The fourth-order valence-corrected chi connectivity index (χ4v) is 2.80. The summed E-state index contributed by atoms with van der Waals surface area (Å²) in [6.45, 7) is 2.00. The van der Waals surface area contributed by atoms with Crippen LogP contribution in [-0.4, -0.2) is 27.7 Å². The van der Waals surface area contributed by atoms with Gasteiger partial charge >= 0.3 is 5.97 Å². The van der Waals surface area contributed by atoms with Crippen LogP contribution in [0.2, 0.25) is 0 Å². The van der Waals surface area contributed by atoms with Crippen LogP contribution in [0.4, 0.5) is 5.82 Å². The molecule has 0 spiro atoms. The molecule has 0 aliphatic rings. The maximum absolute atomic E-state index is 11.6. The molecule has 3 heterocycles. The number of nitrogens with zero attached hydrogens (tertiary/aromatic N) is 3. The Morgan fingerprint density at radius 2 is 2.25 bits per heavy atom. The van der Waals surface area contributed by atoms with Gasteiger partial charge in [-0.1, -0.05) is 0 Å². The Labute approximate surface area is 118 Å². The van der Waals surface area contributed by atoms with E-state index in [4.69, 9.17) is 5.73 Å². The van der Waals surface area contributed by atoms with E-state index in [-0.39, 0.29) is 0 Å². The van der Waals surface area contributed by atoms with Crippen molar-refractivity contribution >= 4 is 28.8 Å². The average molecular weight is 288 g/mol. The summed E-state index contributed by atoms with van der Waals surface area (Å²) < 4.78 is 6.20. The first-order chi connectivity index (χ1) is 9.60. The molecule has 0 atom stereocenters. The van der Waals surface area contributed by atoms with Crippen LogP contribution in [0.3, 0.4) is 0 Å². The molecule has 7 heteroatoms. The van der Waals surface area contributed by atoms with Crippen LogP contribution >= 0.6 is 11.3 Å². The normalized spacial score (nSPS) is 10.9. The van der Waals surface area contributed by atoms with E-state index in [9.17, 15) is 4.79 Å². The number of anilines is 1. The van der Waals surface area contributed by atoms with E-state index in [2.05, 4.69) is 14.8 Å². The fraction of sp³-hybridized carbons (Fsp3) is 0.154. The molecule has 6 nitrogen and oxygen atoms in total. The zero-order valence-electron chi connectivity index (χ0n) is 11.0. The molecule has 20 heavy (non-hydrogen) atoms. The Balaban J connectivity index is 2.18. The van der Waals surface area contributed by atoms with Crippen molar-refractivity contribution in [2.45, 2.75) is 6.92 Å². The first-order valence-corrected chi connectivity index (χ1v) is 6.77. The highest BCUT2D eigenvalue weighted by atomic mass is 32.1.